The summed E-state index contributed by atoms with van der Waals surface area (Å²) in [5.74, 6) is -1.73. The van der Waals surface area contributed by atoms with Crippen molar-refractivity contribution in [2.45, 2.75) is 56.4 Å². The smallest absolute Gasteiger partial charge is 0.253 e. The summed E-state index contributed by atoms with van der Waals surface area (Å²) in [6, 6.07) is 5.45. The van der Waals surface area contributed by atoms with Crippen molar-refractivity contribution < 1.29 is 29.0 Å². The Bertz CT molecular complexity index is 1110. The summed E-state index contributed by atoms with van der Waals surface area (Å²) in [5, 5.41) is 10.1. The van der Waals surface area contributed by atoms with E-state index in [4.69, 9.17) is 9.47 Å². The molecule has 2 bridgehead atoms. The van der Waals surface area contributed by atoms with Crippen molar-refractivity contribution in [3.63, 3.8) is 0 Å². The first kappa shape index (κ1) is 27.9. The molecule has 206 valence electrons. The summed E-state index contributed by atoms with van der Waals surface area (Å²) in [5.41, 5.74) is -1.38. The van der Waals surface area contributed by atoms with E-state index in [9.17, 15) is 19.5 Å². The molecule has 6 atom stereocenters. The molecule has 0 aromatic heterocycles. The lowest BCUT2D eigenvalue weighted by atomic mass is 9.64. The van der Waals surface area contributed by atoms with E-state index in [2.05, 4.69) is 13.2 Å². The van der Waals surface area contributed by atoms with Crippen LogP contribution in [0.25, 0.3) is 0 Å². The van der Waals surface area contributed by atoms with Crippen LogP contribution >= 0.6 is 0 Å². The molecule has 1 N–H and O–H groups in total. The zero-order chi connectivity index (χ0) is 27.8. The van der Waals surface area contributed by atoms with Crippen LogP contribution < -0.4 is 9.64 Å². The Hall–Kier alpha value is -3.17. The first-order valence-corrected chi connectivity index (χ1v) is 13.2. The Balaban J connectivity index is 1.83. The van der Waals surface area contributed by atoms with Crippen LogP contribution in [0.3, 0.4) is 0 Å². The van der Waals surface area contributed by atoms with E-state index in [1.54, 1.807) is 67.3 Å². The van der Waals surface area contributed by atoms with Gasteiger partial charge in [-0.3, -0.25) is 14.4 Å². The fourth-order valence-corrected chi connectivity index (χ4v) is 6.76. The third-order valence-electron chi connectivity index (χ3n) is 8.60. The van der Waals surface area contributed by atoms with Crippen LogP contribution in [0.1, 0.15) is 33.1 Å². The van der Waals surface area contributed by atoms with Gasteiger partial charge in [0.15, 0.2) is 0 Å². The fraction of sp³-hybridized carbons (Fsp3) is 0.552. The molecule has 3 fully saturated rings. The first-order valence-electron chi connectivity index (χ1n) is 13.2. The molecule has 3 heterocycles. The zero-order valence-corrected chi connectivity index (χ0v) is 22.8. The van der Waals surface area contributed by atoms with Gasteiger partial charge < -0.3 is 29.3 Å². The number of carbonyl (C=O) groups is 3. The molecule has 4 rings (SSSR count). The van der Waals surface area contributed by atoms with Gasteiger partial charge in [0.1, 0.15) is 17.4 Å². The minimum absolute atomic E-state index is 0.186. The van der Waals surface area contributed by atoms with E-state index >= 15 is 0 Å². The van der Waals surface area contributed by atoms with Crippen molar-refractivity contribution in [3.8, 4) is 5.75 Å². The molecule has 1 aromatic rings. The maximum absolute atomic E-state index is 14.5. The number of anilines is 1. The van der Waals surface area contributed by atoms with Gasteiger partial charge in [-0.05, 0) is 50.5 Å². The van der Waals surface area contributed by atoms with E-state index in [1.807, 2.05) is 6.92 Å². The van der Waals surface area contributed by atoms with Gasteiger partial charge in [0.2, 0.25) is 11.8 Å². The Morgan fingerprint density at radius 1 is 1.21 bits per heavy atom. The molecule has 3 saturated heterocycles. The van der Waals surface area contributed by atoms with Crippen LogP contribution in [0.4, 0.5) is 5.69 Å². The van der Waals surface area contributed by atoms with Gasteiger partial charge in [-0.15, -0.1) is 13.2 Å². The number of hydrogen-bond donors (Lipinski definition) is 1. The third-order valence-corrected chi connectivity index (χ3v) is 8.60. The number of benzene rings is 1. The van der Waals surface area contributed by atoms with Crippen LogP contribution in [0, 0.1) is 11.8 Å². The number of likely N-dealkylation sites (tertiary alicyclic amines) is 1. The van der Waals surface area contributed by atoms with Gasteiger partial charge in [-0.25, -0.2) is 0 Å². The van der Waals surface area contributed by atoms with Crippen molar-refractivity contribution in [1.29, 1.82) is 0 Å². The molecular weight excluding hydrogens is 486 g/mol. The SMILES string of the molecule is C=CCN(C)C(=O)[C@@H]1[C@H]2C(=O)N([C@H](C)CO)C(C(=O)N(CC=C)c3ccc(OC)cc3)C23CC[C@@]1(CC)O3. The molecule has 3 aliphatic heterocycles. The summed E-state index contributed by atoms with van der Waals surface area (Å²) >= 11 is 0. The molecule has 0 aliphatic carbocycles. The maximum atomic E-state index is 14.5. The summed E-state index contributed by atoms with van der Waals surface area (Å²) in [6.07, 6.45) is 4.86. The Morgan fingerprint density at radius 2 is 1.87 bits per heavy atom. The van der Waals surface area contributed by atoms with Gasteiger partial charge in [0, 0.05) is 25.8 Å². The van der Waals surface area contributed by atoms with Crippen molar-refractivity contribution in [1.82, 2.24) is 9.80 Å². The van der Waals surface area contributed by atoms with E-state index in [-0.39, 0.29) is 30.9 Å². The number of carbonyl (C=O) groups excluding carboxylic acids is 3. The lowest BCUT2D eigenvalue weighted by molar-refractivity contribution is -0.152. The van der Waals surface area contributed by atoms with Crippen molar-refractivity contribution >= 4 is 23.4 Å². The number of ether oxygens (including phenoxy) is 2. The number of amides is 3. The van der Waals surface area contributed by atoms with E-state index < -0.39 is 35.1 Å². The molecule has 1 aromatic carbocycles. The fourth-order valence-electron chi connectivity index (χ4n) is 6.76. The number of methoxy groups -OCH3 is 1. The summed E-state index contributed by atoms with van der Waals surface area (Å²) in [7, 11) is 3.26. The second-order valence-electron chi connectivity index (χ2n) is 10.6. The molecule has 1 spiro atoms. The molecule has 38 heavy (non-hydrogen) atoms. The zero-order valence-electron chi connectivity index (χ0n) is 22.8. The van der Waals surface area contributed by atoms with Gasteiger partial charge in [0.05, 0.1) is 37.2 Å². The standard InChI is InChI=1S/C29H39N3O6/c1-7-16-30(5)25(34)22-23-26(35)32(19(4)18-33)24(29(23)15-14-28(22,9-3)38-29)27(36)31(17-8-2)20-10-12-21(37-6)13-11-20/h7-8,10-13,19,22-24,33H,1-2,9,14-18H2,3-6H3/t19-,22+,23+,24?,28-,29?/m1/s1. The number of rotatable bonds is 11. The third kappa shape index (κ3) is 4.03. The quantitative estimate of drug-likeness (QED) is 0.446. The van der Waals surface area contributed by atoms with Gasteiger partial charge in [-0.1, -0.05) is 19.1 Å². The highest BCUT2D eigenvalue weighted by Crippen LogP contribution is 2.65. The van der Waals surface area contributed by atoms with Gasteiger partial charge in [0.25, 0.3) is 5.91 Å². The van der Waals surface area contributed by atoms with Crippen molar-refractivity contribution in [2.24, 2.45) is 11.8 Å². The average Bonchev–Trinajstić information content (AvgIpc) is 3.54. The van der Waals surface area contributed by atoms with Crippen molar-refractivity contribution in [2.75, 3.05) is 38.8 Å². The predicted octanol–water partition coefficient (Wildman–Crippen LogP) is 2.39. The molecule has 3 aliphatic rings. The number of hydrogen-bond acceptors (Lipinski definition) is 6. The maximum Gasteiger partial charge on any atom is 0.253 e. The summed E-state index contributed by atoms with van der Waals surface area (Å²) in [6.45, 7) is 11.5. The first-order chi connectivity index (χ1) is 18.2. The molecule has 0 saturated carbocycles. The van der Waals surface area contributed by atoms with Crippen LogP contribution in [0.5, 0.6) is 5.75 Å². The highest BCUT2D eigenvalue weighted by Gasteiger charge is 2.79. The Morgan fingerprint density at radius 3 is 2.42 bits per heavy atom. The lowest BCUT2D eigenvalue weighted by Gasteiger charge is -2.38. The number of aliphatic hydroxyl groups is 1. The Kier molecular flexibility index (Phi) is 7.72. The molecule has 2 unspecified atom stereocenters. The molecule has 3 amide bonds. The lowest BCUT2D eigenvalue weighted by Crippen LogP contribution is -2.58. The molecule has 9 nitrogen and oxygen atoms in total. The minimum atomic E-state index is -1.17. The van der Waals surface area contributed by atoms with Crippen molar-refractivity contribution in [3.05, 3.63) is 49.6 Å². The van der Waals surface area contributed by atoms with Crippen LogP contribution in [-0.2, 0) is 19.1 Å². The monoisotopic (exact) mass is 525 g/mol. The van der Waals surface area contributed by atoms with E-state index in [0.29, 0.717) is 37.2 Å². The van der Waals surface area contributed by atoms with Crippen LogP contribution in [-0.4, -0.2) is 89.8 Å². The van der Waals surface area contributed by atoms with E-state index in [1.165, 1.54) is 4.90 Å². The number of fused-ring (bicyclic) bond motifs is 1. The molecule has 0 radical (unpaired) electrons. The van der Waals surface area contributed by atoms with Crippen LogP contribution in [0.2, 0.25) is 0 Å². The number of nitrogens with zero attached hydrogens (tertiary/aromatic N) is 3. The van der Waals surface area contributed by atoms with E-state index in [0.717, 1.165) is 0 Å². The van der Waals surface area contributed by atoms with Gasteiger partial charge >= 0.3 is 0 Å². The normalized spacial score (nSPS) is 30.1. The Labute approximate surface area is 224 Å². The molecular formula is C29H39N3O6. The highest BCUT2D eigenvalue weighted by molar-refractivity contribution is 6.05. The largest absolute Gasteiger partial charge is 0.497 e. The predicted molar refractivity (Wildman–Crippen MR) is 144 cm³/mol. The topological polar surface area (TPSA) is 99.6 Å². The second-order valence-corrected chi connectivity index (χ2v) is 10.6. The minimum Gasteiger partial charge on any atom is -0.497 e. The molecule has 9 heteroatoms. The van der Waals surface area contributed by atoms with Crippen LogP contribution in [0.15, 0.2) is 49.6 Å². The second kappa shape index (κ2) is 10.5. The summed E-state index contributed by atoms with van der Waals surface area (Å²) in [4.78, 5) is 47.0. The number of likely N-dealkylation sites (N-methyl/N-ethyl adjacent to an activating group) is 1. The van der Waals surface area contributed by atoms with Gasteiger partial charge in [-0.2, -0.15) is 0 Å². The number of aliphatic hydroxyl groups excluding tert-OH is 1. The average molecular weight is 526 g/mol. The highest BCUT2D eigenvalue weighted by atomic mass is 16.5. The summed E-state index contributed by atoms with van der Waals surface area (Å²) < 4.78 is 12.1.